The van der Waals surface area contributed by atoms with Crippen molar-refractivity contribution in [3.05, 3.63) is 50.7 Å². The molecule has 1 heterocycles. The van der Waals surface area contributed by atoms with Crippen molar-refractivity contribution >= 4 is 34.8 Å². The van der Waals surface area contributed by atoms with Gasteiger partial charge in [0.15, 0.2) is 0 Å². The Morgan fingerprint density at radius 1 is 1.20 bits per heavy atom. The Labute approximate surface area is 133 Å². The summed E-state index contributed by atoms with van der Waals surface area (Å²) in [4.78, 5) is 0. The number of hydrogen-bond acceptors (Lipinski definition) is 2. The van der Waals surface area contributed by atoms with E-state index in [0.29, 0.717) is 21.5 Å². The third kappa shape index (κ3) is 3.29. The first-order valence-corrected chi connectivity index (χ1v) is 7.51. The van der Waals surface area contributed by atoms with Crippen molar-refractivity contribution < 1.29 is 0 Å². The highest BCUT2D eigenvalue weighted by Gasteiger charge is 2.21. The maximum Gasteiger partial charge on any atom is 0.0834 e. The van der Waals surface area contributed by atoms with E-state index in [-0.39, 0.29) is 6.04 Å². The van der Waals surface area contributed by atoms with Crippen molar-refractivity contribution in [3.63, 3.8) is 0 Å². The molecule has 1 aromatic carbocycles. The zero-order valence-electron chi connectivity index (χ0n) is 11.3. The SMILES string of the molecule is CCNC(Cc1c(Cl)cccc1Cl)c1c(Cl)cnn1C. The van der Waals surface area contributed by atoms with E-state index in [9.17, 15) is 0 Å². The molecule has 0 saturated carbocycles. The molecule has 0 bridgehead atoms. The standard InChI is InChI=1S/C14H16Cl3N3/c1-3-18-13(14-12(17)8-19-20(14)2)7-9-10(15)5-4-6-11(9)16/h4-6,8,13,18H,3,7H2,1-2H3. The molecule has 2 rings (SSSR count). The van der Waals surface area contributed by atoms with Gasteiger partial charge in [-0.25, -0.2) is 0 Å². The lowest BCUT2D eigenvalue weighted by Crippen LogP contribution is -2.25. The van der Waals surface area contributed by atoms with E-state index in [4.69, 9.17) is 34.8 Å². The summed E-state index contributed by atoms with van der Waals surface area (Å²) in [6.45, 7) is 2.86. The second kappa shape index (κ2) is 6.81. The van der Waals surface area contributed by atoms with E-state index in [0.717, 1.165) is 17.8 Å². The molecule has 0 spiro atoms. The number of likely N-dealkylation sites (N-methyl/N-ethyl adjacent to an activating group) is 1. The first kappa shape index (κ1) is 15.6. The fraction of sp³-hybridized carbons (Fsp3) is 0.357. The zero-order valence-corrected chi connectivity index (χ0v) is 13.6. The molecule has 1 unspecified atom stereocenters. The number of aromatic nitrogens is 2. The second-order valence-corrected chi connectivity index (χ2v) is 5.74. The minimum Gasteiger partial charge on any atom is -0.309 e. The lowest BCUT2D eigenvalue weighted by Gasteiger charge is -2.20. The number of halogens is 3. The molecule has 0 amide bonds. The molecular weight excluding hydrogens is 317 g/mol. The molecular formula is C14H16Cl3N3. The molecule has 0 aliphatic rings. The Bertz CT molecular complexity index is 556. The predicted octanol–water partition coefficient (Wildman–Crippen LogP) is 4.27. The van der Waals surface area contributed by atoms with Crippen LogP contribution in [0.2, 0.25) is 15.1 Å². The summed E-state index contributed by atoms with van der Waals surface area (Å²) in [5, 5.41) is 9.56. The zero-order chi connectivity index (χ0) is 14.7. The summed E-state index contributed by atoms with van der Waals surface area (Å²) in [5.74, 6) is 0. The molecule has 1 atom stereocenters. The first-order chi connectivity index (χ1) is 9.54. The van der Waals surface area contributed by atoms with Gasteiger partial charge in [0.1, 0.15) is 0 Å². The number of rotatable bonds is 5. The minimum absolute atomic E-state index is 0.0115. The monoisotopic (exact) mass is 331 g/mol. The normalized spacial score (nSPS) is 12.7. The average Bonchev–Trinajstić information content (AvgIpc) is 2.73. The van der Waals surface area contributed by atoms with Gasteiger partial charge in [-0.3, -0.25) is 4.68 Å². The van der Waals surface area contributed by atoms with E-state index in [1.54, 1.807) is 10.9 Å². The van der Waals surface area contributed by atoms with Crippen LogP contribution in [0, 0.1) is 0 Å². The molecule has 0 radical (unpaired) electrons. The Balaban J connectivity index is 2.36. The largest absolute Gasteiger partial charge is 0.309 e. The van der Waals surface area contributed by atoms with Gasteiger partial charge in [-0.2, -0.15) is 5.10 Å². The molecule has 0 saturated heterocycles. The molecule has 1 N–H and O–H groups in total. The van der Waals surface area contributed by atoms with Crippen LogP contribution in [0.1, 0.15) is 24.2 Å². The van der Waals surface area contributed by atoms with Crippen molar-refractivity contribution in [3.8, 4) is 0 Å². The van der Waals surface area contributed by atoms with Crippen LogP contribution in [0.25, 0.3) is 0 Å². The lowest BCUT2D eigenvalue weighted by atomic mass is 10.0. The number of nitrogens with one attached hydrogen (secondary N) is 1. The van der Waals surface area contributed by atoms with E-state index >= 15 is 0 Å². The van der Waals surface area contributed by atoms with E-state index in [2.05, 4.69) is 10.4 Å². The van der Waals surface area contributed by atoms with Gasteiger partial charge in [-0.05, 0) is 30.7 Å². The van der Waals surface area contributed by atoms with Crippen LogP contribution in [0.4, 0.5) is 0 Å². The third-order valence-electron chi connectivity index (χ3n) is 3.19. The maximum absolute atomic E-state index is 6.25. The van der Waals surface area contributed by atoms with Gasteiger partial charge in [-0.15, -0.1) is 0 Å². The highest BCUT2D eigenvalue weighted by molar-refractivity contribution is 6.36. The topological polar surface area (TPSA) is 29.9 Å². The van der Waals surface area contributed by atoms with Gasteiger partial charge in [0, 0.05) is 17.1 Å². The van der Waals surface area contributed by atoms with Gasteiger partial charge in [-0.1, -0.05) is 47.8 Å². The highest BCUT2D eigenvalue weighted by Crippen LogP contribution is 2.31. The molecule has 6 heteroatoms. The van der Waals surface area contributed by atoms with Crippen LogP contribution in [-0.4, -0.2) is 16.3 Å². The third-order valence-corrected chi connectivity index (χ3v) is 4.19. The number of benzene rings is 1. The molecule has 0 aliphatic heterocycles. The quantitative estimate of drug-likeness (QED) is 0.886. The summed E-state index contributed by atoms with van der Waals surface area (Å²) < 4.78 is 1.78. The lowest BCUT2D eigenvalue weighted by molar-refractivity contribution is 0.508. The molecule has 3 nitrogen and oxygen atoms in total. The second-order valence-electron chi connectivity index (χ2n) is 4.52. The van der Waals surface area contributed by atoms with Crippen molar-refractivity contribution in [2.75, 3.05) is 6.54 Å². The van der Waals surface area contributed by atoms with Crippen LogP contribution in [-0.2, 0) is 13.5 Å². The summed E-state index contributed by atoms with van der Waals surface area (Å²) in [5.41, 5.74) is 1.85. The summed E-state index contributed by atoms with van der Waals surface area (Å²) >= 11 is 18.7. The first-order valence-electron chi connectivity index (χ1n) is 6.38. The highest BCUT2D eigenvalue weighted by atomic mass is 35.5. The van der Waals surface area contributed by atoms with Crippen molar-refractivity contribution in [1.29, 1.82) is 0 Å². The Morgan fingerprint density at radius 3 is 2.35 bits per heavy atom. The number of hydrogen-bond donors (Lipinski definition) is 1. The smallest absolute Gasteiger partial charge is 0.0834 e. The molecule has 108 valence electrons. The van der Waals surface area contributed by atoms with Crippen LogP contribution in [0.15, 0.2) is 24.4 Å². The number of aryl methyl sites for hydroxylation is 1. The van der Waals surface area contributed by atoms with Gasteiger partial charge in [0.05, 0.1) is 23.0 Å². The van der Waals surface area contributed by atoms with Crippen LogP contribution in [0.3, 0.4) is 0 Å². The van der Waals surface area contributed by atoms with Gasteiger partial charge >= 0.3 is 0 Å². The van der Waals surface area contributed by atoms with Gasteiger partial charge < -0.3 is 5.32 Å². The Kier molecular flexibility index (Phi) is 5.33. The number of nitrogens with zero attached hydrogens (tertiary/aromatic N) is 2. The molecule has 0 aliphatic carbocycles. The average molecular weight is 333 g/mol. The summed E-state index contributed by atoms with van der Waals surface area (Å²) in [6, 6.07) is 5.54. The van der Waals surface area contributed by atoms with Crippen LogP contribution >= 0.6 is 34.8 Å². The summed E-state index contributed by atoms with van der Waals surface area (Å²) in [7, 11) is 1.87. The van der Waals surface area contributed by atoms with Crippen molar-refractivity contribution in [2.24, 2.45) is 7.05 Å². The van der Waals surface area contributed by atoms with E-state index in [1.165, 1.54) is 0 Å². The molecule has 0 fully saturated rings. The van der Waals surface area contributed by atoms with E-state index < -0.39 is 0 Å². The van der Waals surface area contributed by atoms with Crippen LogP contribution in [0.5, 0.6) is 0 Å². The maximum atomic E-state index is 6.25. The summed E-state index contributed by atoms with van der Waals surface area (Å²) in [6.07, 6.45) is 2.31. The van der Waals surface area contributed by atoms with Crippen molar-refractivity contribution in [1.82, 2.24) is 15.1 Å². The Morgan fingerprint density at radius 2 is 1.85 bits per heavy atom. The van der Waals surface area contributed by atoms with Crippen LogP contribution < -0.4 is 5.32 Å². The van der Waals surface area contributed by atoms with Gasteiger partial charge in [0.2, 0.25) is 0 Å². The Hall–Kier alpha value is -0.740. The fourth-order valence-electron chi connectivity index (χ4n) is 2.26. The minimum atomic E-state index is 0.0115. The fourth-order valence-corrected chi connectivity index (χ4v) is 3.10. The predicted molar refractivity (Wildman–Crippen MR) is 84.8 cm³/mol. The molecule has 2 aromatic rings. The molecule has 1 aromatic heterocycles. The van der Waals surface area contributed by atoms with E-state index in [1.807, 2.05) is 32.2 Å². The van der Waals surface area contributed by atoms with Crippen molar-refractivity contribution in [2.45, 2.75) is 19.4 Å². The molecule has 20 heavy (non-hydrogen) atoms. The van der Waals surface area contributed by atoms with Gasteiger partial charge in [0.25, 0.3) is 0 Å².